The number of nitrogens with one attached hydrogen (secondary N) is 1. The average molecular weight is 198 g/mol. The van der Waals surface area contributed by atoms with Gasteiger partial charge in [-0.1, -0.05) is 4.49 Å². The molecule has 13 heavy (non-hydrogen) atoms. The first kappa shape index (κ1) is 8.11. The fourth-order valence-electron chi connectivity index (χ4n) is 1.08. The van der Waals surface area contributed by atoms with Crippen molar-refractivity contribution < 1.29 is 0 Å². The SMILES string of the molecule is CCn1c(=O)[nH]c2snnc2c1=O. The number of aromatic amines is 1. The van der Waals surface area contributed by atoms with Gasteiger partial charge in [0, 0.05) is 18.1 Å². The van der Waals surface area contributed by atoms with E-state index in [4.69, 9.17) is 0 Å². The van der Waals surface area contributed by atoms with E-state index in [0.717, 1.165) is 16.1 Å². The van der Waals surface area contributed by atoms with Crippen molar-refractivity contribution >= 4 is 21.9 Å². The molecule has 0 fully saturated rings. The second kappa shape index (κ2) is 2.77. The van der Waals surface area contributed by atoms with Crippen molar-refractivity contribution in [2.45, 2.75) is 13.5 Å². The van der Waals surface area contributed by atoms with E-state index in [-0.39, 0.29) is 11.1 Å². The summed E-state index contributed by atoms with van der Waals surface area (Å²) in [4.78, 5) is 25.7. The lowest BCUT2D eigenvalue weighted by atomic mass is 10.5. The number of H-pyrrole nitrogens is 1. The minimum absolute atomic E-state index is 0.228. The van der Waals surface area contributed by atoms with Gasteiger partial charge in [0.25, 0.3) is 5.56 Å². The van der Waals surface area contributed by atoms with Crippen LogP contribution in [-0.4, -0.2) is 19.1 Å². The Bertz CT molecular complexity index is 551. The lowest BCUT2D eigenvalue weighted by Gasteiger charge is -1.96. The first-order chi connectivity index (χ1) is 6.24. The predicted octanol–water partition coefficient (Wildman–Crippen LogP) is -0.439. The van der Waals surface area contributed by atoms with Gasteiger partial charge < -0.3 is 0 Å². The summed E-state index contributed by atoms with van der Waals surface area (Å²) in [5.74, 6) is 0. The van der Waals surface area contributed by atoms with Crippen LogP contribution in [0.25, 0.3) is 10.3 Å². The molecule has 0 saturated heterocycles. The molecule has 68 valence electrons. The van der Waals surface area contributed by atoms with Gasteiger partial charge in [0.2, 0.25) is 0 Å². The van der Waals surface area contributed by atoms with Crippen LogP contribution in [0.15, 0.2) is 9.59 Å². The second-order valence-electron chi connectivity index (χ2n) is 2.43. The number of nitrogens with zero attached hydrogens (tertiary/aromatic N) is 3. The van der Waals surface area contributed by atoms with Crippen LogP contribution in [-0.2, 0) is 6.54 Å². The van der Waals surface area contributed by atoms with Gasteiger partial charge in [-0.3, -0.25) is 14.3 Å². The van der Waals surface area contributed by atoms with Crippen LogP contribution in [0.3, 0.4) is 0 Å². The van der Waals surface area contributed by atoms with Crippen LogP contribution in [0, 0.1) is 0 Å². The van der Waals surface area contributed by atoms with Gasteiger partial charge >= 0.3 is 5.69 Å². The number of fused-ring (bicyclic) bond motifs is 1. The molecule has 0 radical (unpaired) electrons. The Morgan fingerprint density at radius 3 is 3.00 bits per heavy atom. The molecule has 0 aliphatic carbocycles. The molecule has 0 amide bonds. The molecule has 0 aliphatic heterocycles. The quantitative estimate of drug-likeness (QED) is 0.673. The van der Waals surface area contributed by atoms with Crippen molar-refractivity contribution in [1.29, 1.82) is 0 Å². The molecule has 0 spiro atoms. The second-order valence-corrected chi connectivity index (χ2v) is 3.18. The average Bonchev–Trinajstić information content (AvgIpc) is 2.53. The molecule has 0 unspecified atom stereocenters. The number of hydrogen-bond donors (Lipinski definition) is 1. The zero-order chi connectivity index (χ0) is 9.42. The maximum atomic E-state index is 11.5. The zero-order valence-corrected chi connectivity index (χ0v) is 7.59. The first-order valence-corrected chi connectivity index (χ1v) is 4.46. The molecule has 0 bridgehead atoms. The lowest BCUT2D eigenvalue weighted by molar-refractivity contribution is 0.683. The number of hydrogen-bond acceptors (Lipinski definition) is 5. The summed E-state index contributed by atoms with van der Waals surface area (Å²) >= 11 is 1.00. The highest BCUT2D eigenvalue weighted by atomic mass is 32.1. The zero-order valence-electron chi connectivity index (χ0n) is 6.77. The van der Waals surface area contributed by atoms with Crippen LogP contribution in [0.1, 0.15) is 6.92 Å². The van der Waals surface area contributed by atoms with Crippen molar-refractivity contribution in [3.8, 4) is 0 Å². The summed E-state index contributed by atoms with van der Waals surface area (Å²) in [7, 11) is 0. The van der Waals surface area contributed by atoms with E-state index in [0.29, 0.717) is 11.4 Å². The highest BCUT2D eigenvalue weighted by Crippen LogP contribution is 2.03. The Morgan fingerprint density at radius 2 is 2.31 bits per heavy atom. The summed E-state index contributed by atoms with van der Waals surface area (Å²) in [6.45, 7) is 2.06. The lowest BCUT2D eigenvalue weighted by Crippen LogP contribution is -2.34. The standard InChI is InChI=1S/C6H6N4O2S/c1-2-10-5(11)3-4(7-6(10)12)13-9-8-3/h2H2,1H3,(H,7,12). The first-order valence-electron chi connectivity index (χ1n) is 3.69. The van der Waals surface area contributed by atoms with E-state index in [1.54, 1.807) is 6.92 Å². The van der Waals surface area contributed by atoms with Crippen LogP contribution in [0.4, 0.5) is 0 Å². The molecule has 2 aromatic heterocycles. The molecule has 7 heteroatoms. The molecule has 0 aromatic carbocycles. The molecule has 2 aromatic rings. The van der Waals surface area contributed by atoms with Crippen LogP contribution < -0.4 is 11.2 Å². The minimum Gasteiger partial charge on any atom is -0.296 e. The van der Waals surface area contributed by atoms with Crippen molar-refractivity contribution in [2.75, 3.05) is 0 Å². The van der Waals surface area contributed by atoms with Crippen LogP contribution >= 0.6 is 11.5 Å². The van der Waals surface area contributed by atoms with Gasteiger partial charge in [-0.15, -0.1) is 5.10 Å². The Balaban J connectivity index is 3.02. The normalized spacial score (nSPS) is 10.8. The number of rotatable bonds is 1. The molecule has 0 saturated carbocycles. The third kappa shape index (κ3) is 1.08. The molecule has 0 aliphatic rings. The highest BCUT2D eigenvalue weighted by Gasteiger charge is 2.08. The van der Waals surface area contributed by atoms with Gasteiger partial charge in [-0.2, -0.15) is 0 Å². The van der Waals surface area contributed by atoms with E-state index in [9.17, 15) is 9.59 Å². The molecule has 1 N–H and O–H groups in total. The monoisotopic (exact) mass is 198 g/mol. The Hall–Kier alpha value is -1.50. The maximum Gasteiger partial charge on any atom is 0.329 e. The van der Waals surface area contributed by atoms with E-state index >= 15 is 0 Å². The molecular formula is C6H6N4O2S. The summed E-state index contributed by atoms with van der Waals surface area (Å²) < 4.78 is 4.67. The van der Waals surface area contributed by atoms with E-state index < -0.39 is 5.69 Å². The Morgan fingerprint density at radius 1 is 1.54 bits per heavy atom. The van der Waals surface area contributed by atoms with E-state index in [1.807, 2.05) is 0 Å². The third-order valence-corrected chi connectivity index (χ3v) is 2.36. The molecule has 6 nitrogen and oxygen atoms in total. The van der Waals surface area contributed by atoms with Gasteiger partial charge in [0.15, 0.2) is 10.3 Å². The smallest absolute Gasteiger partial charge is 0.296 e. The van der Waals surface area contributed by atoms with Crippen molar-refractivity contribution in [3.05, 3.63) is 20.8 Å². The fourth-order valence-corrected chi connectivity index (χ4v) is 1.64. The van der Waals surface area contributed by atoms with Gasteiger partial charge in [-0.05, 0) is 6.92 Å². The van der Waals surface area contributed by atoms with Crippen molar-refractivity contribution in [3.63, 3.8) is 0 Å². The molecule has 2 heterocycles. The third-order valence-electron chi connectivity index (χ3n) is 1.72. The molecule has 0 atom stereocenters. The van der Waals surface area contributed by atoms with Crippen molar-refractivity contribution in [2.24, 2.45) is 0 Å². The predicted molar refractivity (Wildman–Crippen MR) is 48.0 cm³/mol. The molecule has 2 rings (SSSR count). The molecular weight excluding hydrogens is 192 g/mol. The highest BCUT2D eigenvalue weighted by molar-refractivity contribution is 7.12. The largest absolute Gasteiger partial charge is 0.329 e. The summed E-state index contributed by atoms with van der Waals surface area (Å²) in [6, 6.07) is 0. The minimum atomic E-state index is -0.411. The summed E-state index contributed by atoms with van der Waals surface area (Å²) in [5.41, 5.74) is -0.562. The van der Waals surface area contributed by atoms with Crippen LogP contribution in [0.5, 0.6) is 0 Å². The van der Waals surface area contributed by atoms with Crippen molar-refractivity contribution in [1.82, 2.24) is 19.1 Å². The topological polar surface area (TPSA) is 80.6 Å². The number of aromatic nitrogens is 4. The summed E-state index contributed by atoms with van der Waals surface area (Å²) in [6.07, 6.45) is 0. The van der Waals surface area contributed by atoms with E-state index in [1.165, 1.54) is 0 Å². The Kier molecular flexibility index (Phi) is 1.73. The fraction of sp³-hybridized carbons (Fsp3) is 0.333. The summed E-state index contributed by atoms with van der Waals surface area (Å²) in [5, 5.41) is 3.63. The van der Waals surface area contributed by atoms with Gasteiger partial charge in [-0.25, -0.2) is 4.79 Å². The maximum absolute atomic E-state index is 11.5. The Labute approximate surface area is 76.0 Å². The van der Waals surface area contributed by atoms with E-state index in [2.05, 4.69) is 14.6 Å². The van der Waals surface area contributed by atoms with Gasteiger partial charge in [0.05, 0.1) is 0 Å². The van der Waals surface area contributed by atoms with Gasteiger partial charge in [0.1, 0.15) is 0 Å². The van der Waals surface area contributed by atoms with Crippen LogP contribution in [0.2, 0.25) is 0 Å².